The summed E-state index contributed by atoms with van der Waals surface area (Å²) in [5.41, 5.74) is 1.85. The number of aryl methyl sites for hydroxylation is 1. The third-order valence-corrected chi connectivity index (χ3v) is 2.91. The van der Waals surface area contributed by atoms with Crippen molar-refractivity contribution < 1.29 is 14.6 Å². The molecule has 0 atom stereocenters. The number of nitrogens with zero attached hydrogens (tertiary/aromatic N) is 2. The van der Waals surface area contributed by atoms with Crippen LogP contribution < -0.4 is 4.74 Å². The topological polar surface area (TPSA) is 72.3 Å². The Morgan fingerprint density at radius 3 is 3.13 bits per heavy atom. The smallest absolute Gasteiger partial charge is 0.341 e. The summed E-state index contributed by atoms with van der Waals surface area (Å²) < 4.78 is 5.84. The van der Waals surface area contributed by atoms with E-state index in [1.165, 1.54) is 17.7 Å². The first-order chi connectivity index (χ1) is 7.18. The summed E-state index contributed by atoms with van der Waals surface area (Å²) in [6.45, 7) is 1.55. The summed E-state index contributed by atoms with van der Waals surface area (Å²) >= 11 is 1.45. The van der Waals surface area contributed by atoms with Crippen LogP contribution >= 0.6 is 11.3 Å². The number of hydrogen-bond acceptors (Lipinski definition) is 5. The van der Waals surface area contributed by atoms with Crippen LogP contribution in [0.4, 0.5) is 0 Å². The molecule has 0 spiro atoms. The Bertz CT molecular complexity index is 509. The lowest BCUT2D eigenvalue weighted by Gasteiger charge is -2.01. The minimum atomic E-state index is -1.02. The van der Waals surface area contributed by atoms with E-state index in [1.54, 1.807) is 0 Å². The average molecular weight is 224 g/mol. The summed E-state index contributed by atoms with van der Waals surface area (Å²) in [5, 5.41) is 10.4. The molecule has 78 valence electrons. The van der Waals surface area contributed by atoms with E-state index in [2.05, 4.69) is 9.97 Å². The van der Waals surface area contributed by atoms with Gasteiger partial charge in [0.05, 0.1) is 5.52 Å². The molecule has 0 aliphatic rings. The summed E-state index contributed by atoms with van der Waals surface area (Å²) in [6.07, 6.45) is 1.37. The number of thiophene rings is 1. The lowest BCUT2D eigenvalue weighted by molar-refractivity contribution is -0.139. The van der Waals surface area contributed by atoms with Gasteiger partial charge in [-0.15, -0.1) is 11.3 Å². The molecule has 0 saturated heterocycles. The van der Waals surface area contributed by atoms with E-state index >= 15 is 0 Å². The number of rotatable bonds is 3. The largest absolute Gasteiger partial charge is 0.479 e. The Morgan fingerprint density at radius 2 is 2.40 bits per heavy atom. The standard InChI is InChI=1S/C9H8N2O3S/c1-5-3-15-8-7(5)10-4-11-9(8)14-2-6(12)13/h3-4H,2H2,1H3,(H,12,13). The monoisotopic (exact) mass is 224 g/mol. The molecule has 5 nitrogen and oxygen atoms in total. The van der Waals surface area contributed by atoms with Gasteiger partial charge in [0.1, 0.15) is 11.0 Å². The maximum Gasteiger partial charge on any atom is 0.341 e. The molecule has 0 aliphatic carbocycles. The first-order valence-corrected chi connectivity index (χ1v) is 5.10. The Morgan fingerprint density at radius 1 is 1.60 bits per heavy atom. The molecule has 0 bridgehead atoms. The van der Waals surface area contributed by atoms with Crippen molar-refractivity contribution in [3.8, 4) is 5.88 Å². The second-order valence-corrected chi connectivity index (χ2v) is 3.84. The summed E-state index contributed by atoms with van der Waals surface area (Å²) in [4.78, 5) is 18.4. The molecular formula is C9H8N2O3S. The van der Waals surface area contributed by atoms with E-state index in [0.717, 1.165) is 15.8 Å². The van der Waals surface area contributed by atoms with Crippen molar-refractivity contribution in [2.75, 3.05) is 6.61 Å². The third kappa shape index (κ3) is 1.89. The van der Waals surface area contributed by atoms with Gasteiger partial charge in [0.25, 0.3) is 0 Å². The number of aromatic nitrogens is 2. The maximum absolute atomic E-state index is 10.3. The number of ether oxygens (including phenoxy) is 1. The van der Waals surface area contributed by atoms with Crippen LogP contribution in [-0.2, 0) is 4.79 Å². The molecular weight excluding hydrogens is 216 g/mol. The van der Waals surface area contributed by atoms with E-state index in [1.807, 2.05) is 12.3 Å². The normalized spacial score (nSPS) is 10.5. The molecule has 0 aromatic carbocycles. The summed E-state index contributed by atoms with van der Waals surface area (Å²) in [6, 6.07) is 0. The quantitative estimate of drug-likeness (QED) is 0.854. The van der Waals surface area contributed by atoms with E-state index in [9.17, 15) is 4.79 Å². The molecule has 1 N–H and O–H groups in total. The fraction of sp³-hybridized carbons (Fsp3) is 0.222. The van der Waals surface area contributed by atoms with E-state index in [0.29, 0.717) is 5.88 Å². The number of aliphatic carboxylic acids is 1. The van der Waals surface area contributed by atoms with Crippen molar-refractivity contribution >= 4 is 27.5 Å². The van der Waals surface area contributed by atoms with Crippen LogP contribution in [0.5, 0.6) is 5.88 Å². The molecule has 2 aromatic heterocycles. The van der Waals surface area contributed by atoms with Crippen molar-refractivity contribution in [3.05, 3.63) is 17.3 Å². The zero-order chi connectivity index (χ0) is 10.8. The molecule has 0 amide bonds. The van der Waals surface area contributed by atoms with E-state index in [-0.39, 0.29) is 6.61 Å². The highest BCUT2D eigenvalue weighted by molar-refractivity contribution is 7.17. The molecule has 2 aromatic rings. The van der Waals surface area contributed by atoms with Gasteiger partial charge in [0.15, 0.2) is 6.61 Å². The van der Waals surface area contributed by atoms with Crippen molar-refractivity contribution in [3.63, 3.8) is 0 Å². The van der Waals surface area contributed by atoms with Gasteiger partial charge in [-0.25, -0.2) is 14.8 Å². The lowest BCUT2D eigenvalue weighted by atomic mass is 10.3. The average Bonchev–Trinajstić information content (AvgIpc) is 2.58. The van der Waals surface area contributed by atoms with Crippen molar-refractivity contribution in [2.24, 2.45) is 0 Å². The number of hydrogen-bond donors (Lipinski definition) is 1. The first kappa shape index (κ1) is 9.85. The van der Waals surface area contributed by atoms with Gasteiger partial charge in [-0.2, -0.15) is 0 Å². The number of carbonyl (C=O) groups is 1. The Balaban J connectivity index is 2.38. The molecule has 0 saturated carbocycles. The zero-order valence-electron chi connectivity index (χ0n) is 7.93. The lowest BCUT2D eigenvalue weighted by Crippen LogP contribution is -2.10. The van der Waals surface area contributed by atoms with E-state index < -0.39 is 5.97 Å². The predicted molar refractivity (Wildman–Crippen MR) is 55.3 cm³/mol. The van der Waals surface area contributed by atoms with Gasteiger partial charge in [-0.3, -0.25) is 0 Å². The van der Waals surface area contributed by atoms with Crippen LogP contribution in [0.25, 0.3) is 10.2 Å². The minimum absolute atomic E-state index is 0.334. The van der Waals surface area contributed by atoms with Crippen LogP contribution in [0.15, 0.2) is 11.7 Å². The van der Waals surface area contributed by atoms with Crippen molar-refractivity contribution in [1.82, 2.24) is 9.97 Å². The predicted octanol–water partition coefficient (Wildman–Crippen LogP) is 1.46. The molecule has 2 rings (SSSR count). The van der Waals surface area contributed by atoms with Gasteiger partial charge in [0, 0.05) is 0 Å². The number of carboxylic acid groups (broad SMARTS) is 1. The molecule has 0 radical (unpaired) electrons. The van der Waals surface area contributed by atoms with Crippen LogP contribution in [0.1, 0.15) is 5.56 Å². The number of carboxylic acids is 1. The first-order valence-electron chi connectivity index (χ1n) is 4.22. The Kier molecular flexibility index (Phi) is 2.51. The highest BCUT2D eigenvalue weighted by Crippen LogP contribution is 2.29. The third-order valence-electron chi connectivity index (χ3n) is 1.83. The Labute approximate surface area is 89.4 Å². The molecule has 0 unspecified atom stereocenters. The molecule has 2 heterocycles. The SMILES string of the molecule is Cc1csc2c(OCC(=O)O)ncnc12. The van der Waals surface area contributed by atoms with Gasteiger partial charge < -0.3 is 9.84 Å². The second kappa shape index (κ2) is 3.82. The fourth-order valence-electron chi connectivity index (χ4n) is 1.18. The highest BCUT2D eigenvalue weighted by Gasteiger charge is 2.10. The molecule has 6 heteroatoms. The second-order valence-electron chi connectivity index (χ2n) is 2.96. The van der Waals surface area contributed by atoms with Gasteiger partial charge in [-0.1, -0.05) is 0 Å². The number of fused-ring (bicyclic) bond motifs is 1. The maximum atomic E-state index is 10.3. The minimum Gasteiger partial charge on any atom is -0.479 e. The highest BCUT2D eigenvalue weighted by atomic mass is 32.1. The fourth-order valence-corrected chi connectivity index (χ4v) is 2.12. The van der Waals surface area contributed by atoms with Crippen LogP contribution in [0, 0.1) is 6.92 Å². The molecule has 0 aliphatic heterocycles. The van der Waals surface area contributed by atoms with E-state index in [4.69, 9.17) is 9.84 Å². The van der Waals surface area contributed by atoms with Crippen molar-refractivity contribution in [2.45, 2.75) is 6.92 Å². The van der Waals surface area contributed by atoms with Crippen LogP contribution in [0.3, 0.4) is 0 Å². The summed E-state index contributed by atoms with van der Waals surface area (Å²) in [5.74, 6) is -0.685. The van der Waals surface area contributed by atoms with Gasteiger partial charge in [-0.05, 0) is 17.9 Å². The van der Waals surface area contributed by atoms with Gasteiger partial charge in [0.2, 0.25) is 5.88 Å². The van der Waals surface area contributed by atoms with Gasteiger partial charge >= 0.3 is 5.97 Å². The molecule has 0 fully saturated rings. The Hall–Kier alpha value is -1.69. The summed E-state index contributed by atoms with van der Waals surface area (Å²) in [7, 11) is 0. The van der Waals surface area contributed by atoms with Crippen molar-refractivity contribution in [1.29, 1.82) is 0 Å². The van der Waals surface area contributed by atoms with Crippen LogP contribution in [-0.4, -0.2) is 27.7 Å². The van der Waals surface area contributed by atoms with Crippen LogP contribution in [0.2, 0.25) is 0 Å². The zero-order valence-corrected chi connectivity index (χ0v) is 8.74. The molecule has 15 heavy (non-hydrogen) atoms.